The van der Waals surface area contributed by atoms with E-state index in [1.165, 1.54) is 31.5 Å². The molecule has 3 heteroatoms. The van der Waals surface area contributed by atoms with E-state index in [0.717, 1.165) is 23.9 Å². The summed E-state index contributed by atoms with van der Waals surface area (Å²) < 4.78 is 0. The van der Waals surface area contributed by atoms with Crippen LogP contribution in [0, 0.1) is 5.92 Å². The van der Waals surface area contributed by atoms with Gasteiger partial charge in [-0.3, -0.25) is 4.90 Å². The van der Waals surface area contributed by atoms with Crippen LogP contribution < -0.4 is 5.73 Å². The molecular formula is C15H23ClN2. The lowest BCUT2D eigenvalue weighted by atomic mass is 9.93. The van der Waals surface area contributed by atoms with E-state index in [0.29, 0.717) is 6.04 Å². The molecule has 0 aliphatic carbocycles. The van der Waals surface area contributed by atoms with Crippen molar-refractivity contribution in [2.24, 2.45) is 11.7 Å². The molecule has 1 heterocycles. The highest BCUT2D eigenvalue weighted by Gasteiger charge is 2.24. The van der Waals surface area contributed by atoms with E-state index in [4.69, 9.17) is 17.3 Å². The summed E-state index contributed by atoms with van der Waals surface area (Å²) in [6, 6.07) is 8.83. The molecule has 1 unspecified atom stereocenters. The van der Waals surface area contributed by atoms with E-state index in [-0.39, 0.29) is 0 Å². The minimum absolute atomic E-state index is 0.529. The summed E-state index contributed by atoms with van der Waals surface area (Å²) >= 11 is 5.96. The van der Waals surface area contributed by atoms with Crippen LogP contribution in [0.3, 0.4) is 0 Å². The zero-order valence-corrected chi connectivity index (χ0v) is 11.9. The van der Waals surface area contributed by atoms with E-state index in [2.05, 4.69) is 24.0 Å². The Hall–Kier alpha value is -0.570. The van der Waals surface area contributed by atoms with Crippen molar-refractivity contribution in [1.29, 1.82) is 0 Å². The molecule has 0 spiro atoms. The van der Waals surface area contributed by atoms with Crippen LogP contribution in [0.4, 0.5) is 0 Å². The van der Waals surface area contributed by atoms with Crippen LogP contribution in [0.15, 0.2) is 24.3 Å². The Morgan fingerprint density at radius 1 is 1.28 bits per heavy atom. The highest BCUT2D eigenvalue weighted by molar-refractivity contribution is 6.30. The van der Waals surface area contributed by atoms with Crippen LogP contribution >= 0.6 is 11.6 Å². The van der Waals surface area contributed by atoms with Crippen LogP contribution in [0.5, 0.6) is 0 Å². The third kappa shape index (κ3) is 3.25. The first-order valence-corrected chi connectivity index (χ1v) is 7.32. The first-order valence-electron chi connectivity index (χ1n) is 6.94. The molecule has 2 N–H and O–H groups in total. The van der Waals surface area contributed by atoms with Crippen LogP contribution in [0.2, 0.25) is 5.02 Å². The minimum atomic E-state index is 0.529. The molecule has 0 saturated carbocycles. The second-order valence-electron chi connectivity index (χ2n) is 5.19. The number of benzene rings is 1. The number of hydrogen-bond donors (Lipinski definition) is 1. The molecule has 1 fully saturated rings. The summed E-state index contributed by atoms with van der Waals surface area (Å²) in [5, 5.41) is 0.815. The second-order valence-corrected chi connectivity index (χ2v) is 5.63. The van der Waals surface area contributed by atoms with Crippen molar-refractivity contribution < 1.29 is 0 Å². The molecular weight excluding hydrogens is 244 g/mol. The van der Waals surface area contributed by atoms with Gasteiger partial charge >= 0.3 is 0 Å². The average Bonchev–Trinajstić information content (AvgIpc) is 2.42. The fourth-order valence-corrected chi connectivity index (χ4v) is 3.02. The molecule has 0 aromatic heterocycles. The monoisotopic (exact) mass is 266 g/mol. The number of halogens is 1. The maximum absolute atomic E-state index is 5.96. The lowest BCUT2D eigenvalue weighted by Crippen LogP contribution is -2.38. The van der Waals surface area contributed by atoms with E-state index < -0.39 is 0 Å². The molecule has 1 aromatic carbocycles. The van der Waals surface area contributed by atoms with E-state index in [1.54, 1.807) is 0 Å². The van der Waals surface area contributed by atoms with Crippen LogP contribution in [0.25, 0.3) is 0 Å². The lowest BCUT2D eigenvalue weighted by Gasteiger charge is -2.37. The van der Waals surface area contributed by atoms with Crippen molar-refractivity contribution in [3.8, 4) is 0 Å². The van der Waals surface area contributed by atoms with Crippen molar-refractivity contribution in [1.82, 2.24) is 4.90 Å². The fourth-order valence-electron chi connectivity index (χ4n) is 2.89. The van der Waals surface area contributed by atoms with Gasteiger partial charge in [-0.15, -0.1) is 0 Å². The molecule has 1 aliphatic heterocycles. The zero-order valence-electron chi connectivity index (χ0n) is 11.1. The maximum atomic E-state index is 5.96. The van der Waals surface area contributed by atoms with Crippen LogP contribution in [0.1, 0.15) is 37.8 Å². The van der Waals surface area contributed by atoms with Crippen LogP contribution in [-0.4, -0.2) is 24.5 Å². The van der Waals surface area contributed by atoms with E-state index in [9.17, 15) is 0 Å². The summed E-state index contributed by atoms with van der Waals surface area (Å²) in [6.45, 7) is 5.44. The first kappa shape index (κ1) is 13.9. The van der Waals surface area contributed by atoms with E-state index >= 15 is 0 Å². The summed E-state index contributed by atoms with van der Waals surface area (Å²) in [5.41, 5.74) is 7.13. The fraction of sp³-hybridized carbons (Fsp3) is 0.600. The summed E-state index contributed by atoms with van der Waals surface area (Å²) in [4.78, 5) is 2.59. The molecule has 0 amide bonds. The predicted molar refractivity (Wildman–Crippen MR) is 77.8 cm³/mol. The smallest absolute Gasteiger partial charge is 0.0406 e. The van der Waals surface area contributed by atoms with Gasteiger partial charge in [-0.25, -0.2) is 0 Å². The standard InChI is InChI=1S/C15H23ClN2/c1-2-15(13-3-5-14(16)6-4-13)18-9-7-12(11-17)8-10-18/h3-6,12,15H,2,7-11,17H2,1H3. The Morgan fingerprint density at radius 2 is 1.89 bits per heavy atom. The molecule has 0 bridgehead atoms. The van der Waals surface area contributed by atoms with Gasteiger partial charge in [0.2, 0.25) is 0 Å². The number of likely N-dealkylation sites (tertiary alicyclic amines) is 1. The SMILES string of the molecule is CCC(c1ccc(Cl)cc1)N1CCC(CN)CC1. The molecule has 1 aliphatic rings. The molecule has 2 nitrogen and oxygen atoms in total. The van der Waals surface area contributed by atoms with Gasteiger partial charge in [-0.1, -0.05) is 30.7 Å². The van der Waals surface area contributed by atoms with Crippen LogP contribution in [-0.2, 0) is 0 Å². The average molecular weight is 267 g/mol. The van der Waals surface area contributed by atoms with E-state index in [1.807, 2.05) is 12.1 Å². The third-order valence-electron chi connectivity index (χ3n) is 4.06. The zero-order chi connectivity index (χ0) is 13.0. The molecule has 0 radical (unpaired) electrons. The second kappa shape index (κ2) is 6.55. The topological polar surface area (TPSA) is 29.3 Å². The summed E-state index contributed by atoms with van der Waals surface area (Å²) in [6.07, 6.45) is 3.62. The Labute approximate surface area is 115 Å². The van der Waals surface area contributed by atoms with Gasteiger partial charge in [0, 0.05) is 11.1 Å². The van der Waals surface area contributed by atoms with Gasteiger partial charge in [-0.05, 0) is 62.5 Å². The number of hydrogen-bond acceptors (Lipinski definition) is 2. The first-order chi connectivity index (χ1) is 8.74. The molecule has 1 aromatic rings. The van der Waals surface area contributed by atoms with Gasteiger partial charge in [-0.2, -0.15) is 0 Å². The lowest BCUT2D eigenvalue weighted by molar-refractivity contribution is 0.131. The largest absolute Gasteiger partial charge is 0.330 e. The van der Waals surface area contributed by atoms with Gasteiger partial charge in [0.1, 0.15) is 0 Å². The Balaban J connectivity index is 2.03. The summed E-state index contributed by atoms with van der Waals surface area (Å²) in [5.74, 6) is 0.726. The molecule has 2 rings (SSSR count). The summed E-state index contributed by atoms with van der Waals surface area (Å²) in [7, 11) is 0. The quantitative estimate of drug-likeness (QED) is 0.904. The molecule has 100 valence electrons. The molecule has 18 heavy (non-hydrogen) atoms. The van der Waals surface area contributed by atoms with Gasteiger partial charge in [0.05, 0.1) is 0 Å². The Bertz CT molecular complexity index is 355. The normalized spacial score (nSPS) is 19.9. The Kier molecular flexibility index (Phi) is 5.04. The highest BCUT2D eigenvalue weighted by atomic mass is 35.5. The number of rotatable bonds is 4. The highest BCUT2D eigenvalue weighted by Crippen LogP contribution is 2.29. The van der Waals surface area contributed by atoms with Crippen molar-refractivity contribution in [2.75, 3.05) is 19.6 Å². The molecule has 1 atom stereocenters. The van der Waals surface area contributed by atoms with Crippen molar-refractivity contribution in [3.05, 3.63) is 34.9 Å². The molecule has 1 saturated heterocycles. The predicted octanol–water partition coefficient (Wildman–Crippen LogP) is 3.46. The van der Waals surface area contributed by atoms with Gasteiger partial charge in [0.15, 0.2) is 0 Å². The number of nitrogens with zero attached hydrogens (tertiary/aromatic N) is 1. The van der Waals surface area contributed by atoms with Crippen molar-refractivity contribution in [2.45, 2.75) is 32.2 Å². The minimum Gasteiger partial charge on any atom is -0.330 e. The number of nitrogens with two attached hydrogens (primary N) is 1. The van der Waals surface area contributed by atoms with Gasteiger partial charge in [0.25, 0.3) is 0 Å². The van der Waals surface area contributed by atoms with Crippen molar-refractivity contribution >= 4 is 11.6 Å². The Morgan fingerprint density at radius 3 is 2.39 bits per heavy atom. The third-order valence-corrected chi connectivity index (χ3v) is 4.32. The van der Waals surface area contributed by atoms with Gasteiger partial charge < -0.3 is 5.73 Å². The maximum Gasteiger partial charge on any atom is 0.0406 e. The van der Waals surface area contributed by atoms with Crippen molar-refractivity contribution in [3.63, 3.8) is 0 Å². The number of piperidine rings is 1.